The van der Waals surface area contributed by atoms with E-state index < -0.39 is 11.7 Å². The van der Waals surface area contributed by atoms with Gasteiger partial charge in [0.2, 0.25) is 5.91 Å². The molecule has 0 aliphatic carbocycles. The minimum Gasteiger partial charge on any atom is -0.444 e. The minimum atomic E-state index is -0.610. The van der Waals surface area contributed by atoms with Crippen LogP contribution < -0.4 is 15.5 Å². The van der Waals surface area contributed by atoms with Crippen LogP contribution in [0.3, 0.4) is 0 Å². The summed E-state index contributed by atoms with van der Waals surface area (Å²) in [5.41, 5.74) is 1.05. The molecular formula is C16H25N3O3. The largest absolute Gasteiger partial charge is 0.444 e. The third-order valence-electron chi connectivity index (χ3n) is 2.86. The fourth-order valence-electron chi connectivity index (χ4n) is 1.74. The number of nitrogens with zero attached hydrogens (tertiary/aromatic N) is 1. The number of hydrogen-bond donors (Lipinski definition) is 2. The molecule has 0 spiro atoms. The molecule has 0 bridgehead atoms. The van der Waals surface area contributed by atoms with Gasteiger partial charge in [-0.1, -0.05) is 12.1 Å². The first-order valence-corrected chi connectivity index (χ1v) is 7.30. The Morgan fingerprint density at radius 3 is 2.45 bits per heavy atom. The molecule has 6 heteroatoms. The van der Waals surface area contributed by atoms with Gasteiger partial charge in [-0.15, -0.1) is 0 Å². The SMILES string of the molecule is CCN(C)c1ccccc1NC(=O)CNC(=O)OC(C)(C)C. The third kappa shape index (κ3) is 6.03. The zero-order valence-corrected chi connectivity index (χ0v) is 13.9. The van der Waals surface area contributed by atoms with Gasteiger partial charge in [-0.05, 0) is 39.8 Å². The van der Waals surface area contributed by atoms with Crippen molar-refractivity contribution in [1.82, 2.24) is 5.32 Å². The molecule has 0 unspecified atom stereocenters. The molecule has 0 aliphatic rings. The number of carbonyl (C=O) groups is 2. The Labute approximate surface area is 131 Å². The van der Waals surface area contributed by atoms with Crippen LogP contribution in [-0.2, 0) is 9.53 Å². The second-order valence-electron chi connectivity index (χ2n) is 5.93. The lowest BCUT2D eigenvalue weighted by Gasteiger charge is -2.21. The first kappa shape index (κ1) is 17.8. The zero-order chi connectivity index (χ0) is 16.8. The van der Waals surface area contributed by atoms with Gasteiger partial charge in [0, 0.05) is 13.6 Å². The maximum Gasteiger partial charge on any atom is 0.408 e. The van der Waals surface area contributed by atoms with Gasteiger partial charge >= 0.3 is 6.09 Å². The summed E-state index contributed by atoms with van der Waals surface area (Å²) < 4.78 is 5.08. The molecule has 0 aromatic heterocycles. The van der Waals surface area contributed by atoms with Gasteiger partial charge in [-0.25, -0.2) is 4.79 Å². The van der Waals surface area contributed by atoms with Crippen LogP contribution >= 0.6 is 0 Å². The van der Waals surface area contributed by atoms with Crippen molar-refractivity contribution in [1.29, 1.82) is 0 Å². The number of benzene rings is 1. The number of rotatable bonds is 5. The van der Waals surface area contributed by atoms with Gasteiger partial charge < -0.3 is 20.3 Å². The summed E-state index contributed by atoms with van der Waals surface area (Å²) in [6.07, 6.45) is -0.610. The number of nitrogens with one attached hydrogen (secondary N) is 2. The van der Waals surface area contributed by atoms with Crippen molar-refractivity contribution in [3.63, 3.8) is 0 Å². The van der Waals surface area contributed by atoms with E-state index in [4.69, 9.17) is 4.74 Å². The van der Waals surface area contributed by atoms with E-state index in [2.05, 4.69) is 10.6 Å². The van der Waals surface area contributed by atoms with Crippen molar-refractivity contribution in [2.45, 2.75) is 33.3 Å². The van der Waals surface area contributed by atoms with E-state index in [1.807, 2.05) is 43.1 Å². The normalized spacial score (nSPS) is 10.8. The summed E-state index contributed by atoms with van der Waals surface area (Å²) in [6.45, 7) is 8.02. The van der Waals surface area contributed by atoms with Gasteiger partial charge in [0.15, 0.2) is 0 Å². The number of carbonyl (C=O) groups excluding carboxylic acids is 2. The topological polar surface area (TPSA) is 70.7 Å². The Kier molecular flexibility index (Phi) is 6.22. The third-order valence-corrected chi connectivity index (χ3v) is 2.86. The highest BCUT2D eigenvalue weighted by Gasteiger charge is 2.17. The average molecular weight is 307 g/mol. The standard InChI is InChI=1S/C16H25N3O3/c1-6-19(5)13-10-8-7-9-12(13)18-14(20)11-17-15(21)22-16(2,3)4/h7-10H,6,11H2,1-5H3,(H,17,21)(H,18,20). The minimum absolute atomic E-state index is 0.140. The average Bonchev–Trinajstić information content (AvgIpc) is 2.43. The van der Waals surface area contributed by atoms with E-state index in [0.29, 0.717) is 5.69 Å². The van der Waals surface area contributed by atoms with Crippen molar-refractivity contribution in [3.8, 4) is 0 Å². The molecule has 122 valence electrons. The number of anilines is 2. The van der Waals surface area contributed by atoms with E-state index in [9.17, 15) is 9.59 Å². The summed E-state index contributed by atoms with van der Waals surface area (Å²) in [4.78, 5) is 25.5. The first-order valence-electron chi connectivity index (χ1n) is 7.30. The smallest absolute Gasteiger partial charge is 0.408 e. The second kappa shape index (κ2) is 7.68. The number of ether oxygens (including phenoxy) is 1. The number of amides is 2. The highest BCUT2D eigenvalue weighted by Crippen LogP contribution is 2.24. The molecule has 1 rings (SSSR count). The lowest BCUT2D eigenvalue weighted by Crippen LogP contribution is -2.37. The van der Waals surface area contributed by atoms with Crippen LogP contribution in [0.5, 0.6) is 0 Å². The van der Waals surface area contributed by atoms with Crippen molar-refractivity contribution >= 4 is 23.4 Å². The monoisotopic (exact) mass is 307 g/mol. The molecule has 1 aromatic rings. The number of para-hydroxylation sites is 2. The van der Waals surface area contributed by atoms with Gasteiger partial charge in [0.25, 0.3) is 0 Å². The van der Waals surface area contributed by atoms with E-state index in [1.54, 1.807) is 20.8 Å². The summed E-state index contributed by atoms with van der Waals surface area (Å²) in [5, 5.41) is 5.23. The lowest BCUT2D eigenvalue weighted by atomic mass is 10.2. The summed E-state index contributed by atoms with van der Waals surface area (Å²) in [5.74, 6) is -0.303. The maximum atomic E-state index is 11.9. The first-order chi connectivity index (χ1) is 10.2. The summed E-state index contributed by atoms with van der Waals surface area (Å²) >= 11 is 0. The van der Waals surface area contributed by atoms with Gasteiger partial charge in [0.05, 0.1) is 11.4 Å². The Bertz CT molecular complexity index is 524. The molecule has 0 heterocycles. The van der Waals surface area contributed by atoms with Crippen molar-refractivity contribution in [3.05, 3.63) is 24.3 Å². The van der Waals surface area contributed by atoms with Crippen molar-refractivity contribution in [2.75, 3.05) is 30.4 Å². The van der Waals surface area contributed by atoms with Crippen LogP contribution in [0, 0.1) is 0 Å². The van der Waals surface area contributed by atoms with E-state index in [-0.39, 0.29) is 12.5 Å². The Morgan fingerprint density at radius 2 is 1.86 bits per heavy atom. The number of hydrogen-bond acceptors (Lipinski definition) is 4. The fraction of sp³-hybridized carbons (Fsp3) is 0.500. The molecule has 0 saturated carbocycles. The quantitative estimate of drug-likeness (QED) is 0.877. The molecule has 2 amide bonds. The van der Waals surface area contributed by atoms with Crippen LogP contribution in [0.1, 0.15) is 27.7 Å². The molecule has 0 atom stereocenters. The maximum absolute atomic E-state index is 11.9. The van der Waals surface area contributed by atoms with Crippen LogP contribution in [0.15, 0.2) is 24.3 Å². The molecule has 0 aliphatic heterocycles. The molecule has 0 radical (unpaired) electrons. The van der Waals surface area contributed by atoms with Crippen molar-refractivity contribution in [2.24, 2.45) is 0 Å². The highest BCUT2D eigenvalue weighted by molar-refractivity contribution is 5.96. The summed E-state index contributed by atoms with van der Waals surface area (Å²) in [7, 11) is 1.95. The van der Waals surface area contributed by atoms with E-state index in [1.165, 1.54) is 0 Å². The van der Waals surface area contributed by atoms with Gasteiger partial charge in [0.1, 0.15) is 12.1 Å². The van der Waals surface area contributed by atoms with Crippen molar-refractivity contribution < 1.29 is 14.3 Å². The van der Waals surface area contributed by atoms with Crippen LogP contribution in [0.4, 0.5) is 16.2 Å². The Hall–Kier alpha value is -2.24. The predicted molar refractivity (Wildman–Crippen MR) is 88.3 cm³/mol. The number of alkyl carbamates (subject to hydrolysis) is 1. The second-order valence-corrected chi connectivity index (χ2v) is 5.93. The fourth-order valence-corrected chi connectivity index (χ4v) is 1.74. The Balaban J connectivity index is 2.58. The predicted octanol–water partition coefficient (Wildman–Crippen LogP) is 2.61. The molecule has 6 nitrogen and oxygen atoms in total. The highest BCUT2D eigenvalue weighted by atomic mass is 16.6. The molecular weight excluding hydrogens is 282 g/mol. The molecule has 2 N–H and O–H groups in total. The molecule has 22 heavy (non-hydrogen) atoms. The molecule has 0 fully saturated rings. The lowest BCUT2D eigenvalue weighted by molar-refractivity contribution is -0.115. The van der Waals surface area contributed by atoms with Gasteiger partial charge in [-0.3, -0.25) is 4.79 Å². The van der Waals surface area contributed by atoms with E-state index >= 15 is 0 Å². The molecule has 1 aromatic carbocycles. The van der Waals surface area contributed by atoms with Gasteiger partial charge in [-0.2, -0.15) is 0 Å². The zero-order valence-electron chi connectivity index (χ0n) is 13.9. The molecule has 0 saturated heterocycles. The van der Waals surface area contributed by atoms with E-state index in [0.717, 1.165) is 12.2 Å². The van der Waals surface area contributed by atoms with Crippen LogP contribution in [-0.4, -0.2) is 37.7 Å². The Morgan fingerprint density at radius 1 is 1.23 bits per heavy atom. The van der Waals surface area contributed by atoms with Crippen LogP contribution in [0.25, 0.3) is 0 Å². The summed E-state index contributed by atoms with van der Waals surface area (Å²) in [6, 6.07) is 7.52. The van der Waals surface area contributed by atoms with Crippen LogP contribution in [0.2, 0.25) is 0 Å².